The topological polar surface area (TPSA) is 55.5 Å². The summed E-state index contributed by atoms with van der Waals surface area (Å²) in [5, 5.41) is 0.764. The van der Waals surface area contributed by atoms with Gasteiger partial charge in [0, 0.05) is 23.8 Å². The Morgan fingerprint density at radius 2 is 1.87 bits per heavy atom. The highest BCUT2D eigenvalue weighted by atomic mass is 32.2. The molecule has 1 fully saturated rings. The van der Waals surface area contributed by atoms with Crippen LogP contribution in [0.3, 0.4) is 0 Å². The van der Waals surface area contributed by atoms with Crippen molar-refractivity contribution in [2.75, 3.05) is 45.5 Å². The summed E-state index contributed by atoms with van der Waals surface area (Å²) < 4.78 is 40.5. The minimum atomic E-state index is -4.26. The molecule has 10 heteroatoms. The molecular weight excluding hydrogens is 427 g/mol. The average Bonchev–Trinajstić information content (AvgIpc) is 3.20. The number of carbonyl (C=O) groups is 1. The third-order valence-electron chi connectivity index (χ3n) is 5.22. The predicted octanol–water partition coefficient (Wildman–Crippen LogP) is 4.79. The van der Waals surface area contributed by atoms with Gasteiger partial charge in [0.1, 0.15) is 5.65 Å². The number of anilines is 1. The number of aromatic amines is 1. The van der Waals surface area contributed by atoms with Crippen LogP contribution in [0.1, 0.15) is 42.5 Å². The maximum absolute atomic E-state index is 12.8. The normalized spacial score (nSPS) is 15.3. The summed E-state index contributed by atoms with van der Waals surface area (Å²) in [7, 11) is 5.49. The summed E-state index contributed by atoms with van der Waals surface area (Å²) in [6.07, 6.45) is 6.77. The molecule has 0 amide bonds. The highest BCUT2D eigenvalue weighted by molar-refractivity contribution is 7.96. The number of pyridine rings is 1. The second-order valence-electron chi connectivity index (χ2n) is 7.95. The molecule has 1 aliphatic rings. The van der Waals surface area contributed by atoms with Crippen LogP contribution in [0.4, 0.5) is 18.9 Å². The zero-order chi connectivity index (χ0) is 23.0. The number of hydrogen-bond acceptors (Lipinski definition) is 6. The number of halogens is 3. The molecule has 3 rings (SSSR count). The zero-order valence-corrected chi connectivity index (χ0v) is 19.4. The molecule has 0 aromatic carbocycles. The summed E-state index contributed by atoms with van der Waals surface area (Å²) in [6, 6.07) is 1.93. The van der Waals surface area contributed by atoms with Crippen LogP contribution >= 0.6 is 11.9 Å². The van der Waals surface area contributed by atoms with Crippen molar-refractivity contribution in [1.29, 1.82) is 0 Å². The van der Waals surface area contributed by atoms with Gasteiger partial charge in [0.25, 0.3) is 0 Å². The lowest BCUT2D eigenvalue weighted by atomic mass is 9.93. The minimum Gasteiger partial charge on any atom is -0.354 e. The van der Waals surface area contributed by atoms with Crippen molar-refractivity contribution in [1.82, 2.24) is 19.2 Å². The predicted molar refractivity (Wildman–Crippen MR) is 122 cm³/mol. The van der Waals surface area contributed by atoms with Crippen molar-refractivity contribution in [2.45, 2.75) is 44.3 Å². The zero-order valence-electron chi connectivity index (χ0n) is 18.6. The Bertz CT molecular complexity index is 821. The SMILES string of the molecule is CN(CN(c1c(C=O)cnc2[nH]ccc12)C1CCCCC1)CC(F)(F)F.CSN(C)C. The number of hydrogen-bond donors (Lipinski definition) is 1. The van der Waals surface area contributed by atoms with Crippen LogP contribution < -0.4 is 4.90 Å². The maximum atomic E-state index is 12.8. The molecule has 0 atom stereocenters. The van der Waals surface area contributed by atoms with Crippen LogP contribution in [0, 0.1) is 0 Å². The van der Waals surface area contributed by atoms with Gasteiger partial charge in [-0.05, 0) is 46.3 Å². The van der Waals surface area contributed by atoms with Gasteiger partial charge in [0.15, 0.2) is 6.29 Å². The standard InChI is InChI=1S/C18H23F3N4O.C3H9NS/c1-24(11-18(19,20)21)12-25(14-5-3-2-4-6-14)16-13(10-26)9-23-17-15(16)7-8-22-17;1-4(2)5-3/h7-10,14H,2-6,11-12H2,1H3,(H,22,23);1-3H3. The van der Waals surface area contributed by atoms with E-state index in [1.807, 2.05) is 35.6 Å². The molecule has 0 unspecified atom stereocenters. The number of fused-ring (bicyclic) bond motifs is 1. The van der Waals surface area contributed by atoms with Gasteiger partial charge in [-0.2, -0.15) is 13.2 Å². The van der Waals surface area contributed by atoms with E-state index in [1.54, 1.807) is 18.1 Å². The molecular formula is C21H32F3N5OS. The van der Waals surface area contributed by atoms with Gasteiger partial charge in [-0.25, -0.2) is 4.98 Å². The molecule has 0 bridgehead atoms. The summed E-state index contributed by atoms with van der Waals surface area (Å²) in [6.45, 7) is -0.886. The molecule has 0 saturated heterocycles. The van der Waals surface area contributed by atoms with E-state index in [0.717, 1.165) is 43.8 Å². The van der Waals surface area contributed by atoms with Crippen molar-refractivity contribution in [3.63, 3.8) is 0 Å². The summed E-state index contributed by atoms with van der Waals surface area (Å²) >= 11 is 1.71. The Hall–Kier alpha value is -1.78. The molecule has 0 radical (unpaired) electrons. The first-order chi connectivity index (χ1) is 14.7. The van der Waals surface area contributed by atoms with E-state index in [9.17, 15) is 18.0 Å². The fraction of sp³-hybridized carbons (Fsp3) is 0.619. The molecule has 174 valence electrons. The minimum absolute atomic E-state index is 0.106. The van der Waals surface area contributed by atoms with E-state index >= 15 is 0 Å². The van der Waals surface area contributed by atoms with Crippen molar-refractivity contribution in [3.8, 4) is 0 Å². The fourth-order valence-corrected chi connectivity index (χ4v) is 3.79. The molecule has 6 nitrogen and oxygen atoms in total. The number of nitrogens with one attached hydrogen (secondary N) is 1. The van der Waals surface area contributed by atoms with Gasteiger partial charge in [-0.15, -0.1) is 0 Å². The third-order valence-corrected chi connectivity index (χ3v) is 5.95. The molecule has 2 heterocycles. The monoisotopic (exact) mass is 459 g/mol. The van der Waals surface area contributed by atoms with Crippen LogP contribution in [0.25, 0.3) is 11.0 Å². The van der Waals surface area contributed by atoms with Crippen LogP contribution in [0.15, 0.2) is 18.5 Å². The molecule has 2 aromatic heterocycles. The summed E-state index contributed by atoms with van der Waals surface area (Å²) in [5.74, 6) is 0. The van der Waals surface area contributed by atoms with E-state index in [1.165, 1.54) is 18.1 Å². The number of aromatic nitrogens is 2. The second-order valence-corrected chi connectivity index (χ2v) is 9.04. The largest absolute Gasteiger partial charge is 0.401 e. The molecule has 2 aromatic rings. The number of rotatable bonds is 7. The highest BCUT2D eigenvalue weighted by Gasteiger charge is 2.32. The van der Waals surface area contributed by atoms with Gasteiger partial charge in [-0.1, -0.05) is 31.2 Å². The van der Waals surface area contributed by atoms with Crippen molar-refractivity contribution < 1.29 is 18.0 Å². The molecule has 0 aliphatic heterocycles. The smallest absolute Gasteiger partial charge is 0.354 e. The molecule has 31 heavy (non-hydrogen) atoms. The number of H-pyrrole nitrogens is 1. The van der Waals surface area contributed by atoms with Crippen LogP contribution in [-0.2, 0) is 0 Å². The molecule has 0 spiro atoms. The van der Waals surface area contributed by atoms with E-state index < -0.39 is 12.7 Å². The Kier molecular flexibility index (Phi) is 9.64. The first-order valence-electron chi connectivity index (χ1n) is 10.3. The van der Waals surface area contributed by atoms with Crippen LogP contribution in [-0.4, -0.2) is 78.3 Å². The Balaban J connectivity index is 0.000000614. The average molecular weight is 460 g/mol. The Morgan fingerprint density at radius 1 is 1.23 bits per heavy atom. The molecule has 1 aliphatic carbocycles. The van der Waals surface area contributed by atoms with E-state index in [2.05, 4.69) is 9.97 Å². The van der Waals surface area contributed by atoms with E-state index in [4.69, 9.17) is 0 Å². The third kappa shape index (κ3) is 7.69. The van der Waals surface area contributed by atoms with Gasteiger partial charge in [0.05, 0.1) is 24.5 Å². The number of nitrogens with zero attached hydrogens (tertiary/aromatic N) is 4. The van der Waals surface area contributed by atoms with Gasteiger partial charge >= 0.3 is 6.18 Å². The first-order valence-corrected chi connectivity index (χ1v) is 11.5. The number of carbonyl (C=O) groups excluding carboxylic acids is 1. The maximum Gasteiger partial charge on any atom is 0.401 e. The highest BCUT2D eigenvalue weighted by Crippen LogP contribution is 2.34. The lowest BCUT2D eigenvalue weighted by Gasteiger charge is -2.39. The lowest BCUT2D eigenvalue weighted by Crippen LogP contribution is -2.46. The molecule has 1 saturated carbocycles. The van der Waals surface area contributed by atoms with Gasteiger partial charge in [0.2, 0.25) is 0 Å². The molecule has 1 N–H and O–H groups in total. The Morgan fingerprint density at radius 3 is 2.42 bits per heavy atom. The first kappa shape index (κ1) is 25.5. The summed E-state index contributed by atoms with van der Waals surface area (Å²) in [4.78, 5) is 22.1. The van der Waals surface area contributed by atoms with E-state index in [-0.39, 0.29) is 12.7 Å². The van der Waals surface area contributed by atoms with E-state index in [0.29, 0.717) is 16.9 Å². The summed E-state index contributed by atoms with van der Waals surface area (Å²) in [5.41, 5.74) is 1.71. The number of aldehydes is 1. The lowest BCUT2D eigenvalue weighted by molar-refractivity contribution is -0.143. The fourth-order valence-electron chi connectivity index (χ4n) is 3.79. The van der Waals surface area contributed by atoms with Crippen LogP contribution in [0.5, 0.6) is 0 Å². The van der Waals surface area contributed by atoms with Gasteiger partial charge in [-0.3, -0.25) is 14.0 Å². The van der Waals surface area contributed by atoms with Crippen LogP contribution in [0.2, 0.25) is 0 Å². The van der Waals surface area contributed by atoms with Crippen molar-refractivity contribution in [3.05, 3.63) is 24.0 Å². The van der Waals surface area contributed by atoms with Crippen molar-refractivity contribution in [2.24, 2.45) is 0 Å². The van der Waals surface area contributed by atoms with Gasteiger partial charge < -0.3 is 9.88 Å². The number of alkyl halides is 3. The Labute approximate surface area is 186 Å². The second kappa shape index (κ2) is 11.7. The quantitative estimate of drug-likeness (QED) is 0.365. The van der Waals surface area contributed by atoms with Crippen molar-refractivity contribution >= 4 is 35.0 Å².